The quantitative estimate of drug-likeness (QED) is 0.185. The molecule has 0 rings (SSSR count). The molecule has 0 amide bonds. The van der Waals surface area contributed by atoms with Crippen molar-refractivity contribution in [2.75, 3.05) is 0 Å². The van der Waals surface area contributed by atoms with Crippen molar-refractivity contribution >= 4 is 0 Å². The standard InChI is InChI=1S/2K.H4N2/c;;1-2/h;;1-2H2/q2*+1;. The van der Waals surface area contributed by atoms with Crippen LogP contribution in [0.5, 0.6) is 0 Å². The average molecular weight is 110 g/mol. The molecule has 0 aromatic carbocycles. The zero-order chi connectivity index (χ0) is 2.00. The number of hydrazine groups is 1. The first-order valence-corrected chi connectivity index (χ1v) is 0.333. The Morgan fingerprint density at radius 3 is 0.750 bits per heavy atom. The van der Waals surface area contributed by atoms with E-state index in [9.17, 15) is 0 Å². The van der Waals surface area contributed by atoms with Gasteiger partial charge in [0.2, 0.25) is 0 Å². The van der Waals surface area contributed by atoms with Gasteiger partial charge < -0.3 is 0 Å². The van der Waals surface area contributed by atoms with E-state index < -0.39 is 0 Å². The molecule has 0 atom stereocenters. The monoisotopic (exact) mass is 110 g/mol. The Hall–Kier alpha value is 3.19. The van der Waals surface area contributed by atoms with Crippen LogP contribution in [0.15, 0.2) is 0 Å². The summed E-state index contributed by atoms with van der Waals surface area (Å²) >= 11 is 0. The second-order valence-corrected chi connectivity index (χ2v) is 0. The zero-order valence-electron chi connectivity index (χ0n) is 3.15. The van der Waals surface area contributed by atoms with Crippen molar-refractivity contribution in [2.45, 2.75) is 0 Å². The molecule has 0 spiro atoms. The van der Waals surface area contributed by atoms with Gasteiger partial charge in [-0.05, 0) is 0 Å². The molecular weight excluding hydrogens is 106 g/mol. The minimum atomic E-state index is 0. The largest absolute Gasteiger partial charge is 1.00 e. The maximum absolute atomic E-state index is 4.00. The second-order valence-electron chi connectivity index (χ2n) is 0. The van der Waals surface area contributed by atoms with E-state index in [-0.39, 0.29) is 103 Å². The summed E-state index contributed by atoms with van der Waals surface area (Å²) in [6.45, 7) is 0. The summed E-state index contributed by atoms with van der Waals surface area (Å²) in [4.78, 5) is 0. The third kappa shape index (κ3) is 8.95. The molecule has 0 radical (unpaired) electrons. The molecule has 0 heterocycles. The molecule has 4 heavy (non-hydrogen) atoms. The normalized spacial score (nSPS) is 1.50. The van der Waals surface area contributed by atoms with Crippen LogP contribution in [0.3, 0.4) is 0 Å². The summed E-state index contributed by atoms with van der Waals surface area (Å²) in [5.41, 5.74) is 0. The van der Waals surface area contributed by atoms with Crippen molar-refractivity contribution < 1.29 is 103 Å². The van der Waals surface area contributed by atoms with E-state index in [1.54, 1.807) is 0 Å². The Balaban J connectivity index is -0.00000000500. The van der Waals surface area contributed by atoms with Crippen LogP contribution in [-0.2, 0) is 0 Å². The minimum Gasteiger partial charge on any atom is -0.274 e. The second kappa shape index (κ2) is 16.4. The van der Waals surface area contributed by atoms with Crippen molar-refractivity contribution in [3.8, 4) is 0 Å². The van der Waals surface area contributed by atoms with Gasteiger partial charge in [0.15, 0.2) is 0 Å². The molecule has 4 N–H and O–H groups in total. The third-order valence-electron chi connectivity index (χ3n) is 0. The first kappa shape index (κ1) is 15.7. The Kier molecular flexibility index (Phi) is 64.3. The van der Waals surface area contributed by atoms with Gasteiger partial charge in [-0.2, -0.15) is 0 Å². The molecule has 4 heteroatoms. The van der Waals surface area contributed by atoms with Crippen molar-refractivity contribution in [1.29, 1.82) is 0 Å². The van der Waals surface area contributed by atoms with Gasteiger partial charge in [-0.25, -0.2) is 0 Å². The van der Waals surface area contributed by atoms with Crippen molar-refractivity contribution in [1.82, 2.24) is 0 Å². The molecule has 0 unspecified atom stereocenters. The van der Waals surface area contributed by atoms with Gasteiger partial charge in [-0.15, -0.1) is 0 Å². The van der Waals surface area contributed by atoms with Gasteiger partial charge in [-0.3, -0.25) is 11.7 Å². The molecule has 0 aliphatic rings. The third-order valence-corrected chi connectivity index (χ3v) is 0. The average Bonchev–Trinajstić information content (AvgIpc) is 1.00. The van der Waals surface area contributed by atoms with Crippen LogP contribution in [0.4, 0.5) is 0 Å². The molecule has 0 fully saturated rings. The van der Waals surface area contributed by atoms with Gasteiger partial charge >= 0.3 is 103 Å². The predicted molar refractivity (Wildman–Crippen MR) is 8.37 cm³/mol. The molecule has 0 aromatic rings. The summed E-state index contributed by atoms with van der Waals surface area (Å²) in [7, 11) is 0. The number of hydrogen-bond acceptors (Lipinski definition) is 2. The summed E-state index contributed by atoms with van der Waals surface area (Å²) in [5, 5.41) is 0. The molecule has 0 aliphatic carbocycles. The first-order valence-electron chi connectivity index (χ1n) is 0.333. The van der Waals surface area contributed by atoms with Crippen LogP contribution in [0.2, 0.25) is 0 Å². The summed E-state index contributed by atoms with van der Waals surface area (Å²) in [6, 6.07) is 0. The Labute approximate surface area is 111 Å². The summed E-state index contributed by atoms with van der Waals surface area (Å²) in [6.07, 6.45) is 0. The fourth-order valence-electron chi connectivity index (χ4n) is 0. The maximum Gasteiger partial charge on any atom is 1.00 e. The van der Waals surface area contributed by atoms with Gasteiger partial charge in [-0.1, -0.05) is 0 Å². The van der Waals surface area contributed by atoms with E-state index in [1.165, 1.54) is 0 Å². The molecule has 2 nitrogen and oxygen atoms in total. The van der Waals surface area contributed by atoms with E-state index in [0.717, 1.165) is 0 Å². The van der Waals surface area contributed by atoms with E-state index in [4.69, 9.17) is 0 Å². The zero-order valence-corrected chi connectivity index (χ0v) is 9.40. The summed E-state index contributed by atoms with van der Waals surface area (Å²) in [5.74, 6) is 8.00. The maximum atomic E-state index is 4.00. The van der Waals surface area contributed by atoms with Crippen molar-refractivity contribution in [3.05, 3.63) is 0 Å². The van der Waals surface area contributed by atoms with Gasteiger partial charge in [0.1, 0.15) is 0 Å². The first-order chi connectivity index (χ1) is 1.00. The van der Waals surface area contributed by atoms with Crippen LogP contribution in [0.1, 0.15) is 0 Å². The van der Waals surface area contributed by atoms with Crippen LogP contribution in [0, 0.1) is 0 Å². The van der Waals surface area contributed by atoms with E-state index in [1.807, 2.05) is 0 Å². The molecule has 0 aliphatic heterocycles. The SMILES string of the molecule is NN.[K+].[K+]. The number of nitrogens with two attached hydrogens (primary N) is 2. The molecule has 14 valence electrons. The molecular formula is H4K2N2+2. The molecule has 0 saturated heterocycles. The number of rotatable bonds is 0. The fourth-order valence-corrected chi connectivity index (χ4v) is 0. The number of hydrogen-bond donors (Lipinski definition) is 2. The fraction of sp³-hybridized carbons (Fsp3) is 0. The van der Waals surface area contributed by atoms with Crippen LogP contribution in [0.25, 0.3) is 0 Å². The molecule has 0 saturated carbocycles. The van der Waals surface area contributed by atoms with E-state index in [2.05, 4.69) is 11.7 Å². The van der Waals surface area contributed by atoms with E-state index in [0.29, 0.717) is 0 Å². The van der Waals surface area contributed by atoms with Gasteiger partial charge in [0, 0.05) is 0 Å². The smallest absolute Gasteiger partial charge is 0.274 e. The summed E-state index contributed by atoms with van der Waals surface area (Å²) < 4.78 is 0. The Morgan fingerprint density at radius 2 is 0.750 bits per heavy atom. The topological polar surface area (TPSA) is 52.0 Å². The molecule has 0 aromatic heterocycles. The predicted octanol–water partition coefficient (Wildman–Crippen LogP) is -7.17. The van der Waals surface area contributed by atoms with Crippen LogP contribution in [-0.4, -0.2) is 0 Å². The van der Waals surface area contributed by atoms with Crippen LogP contribution < -0.4 is 114 Å². The van der Waals surface area contributed by atoms with Crippen molar-refractivity contribution in [2.24, 2.45) is 11.7 Å². The van der Waals surface area contributed by atoms with Gasteiger partial charge in [0.25, 0.3) is 0 Å². The molecule has 0 bridgehead atoms. The van der Waals surface area contributed by atoms with Gasteiger partial charge in [0.05, 0.1) is 0 Å². The van der Waals surface area contributed by atoms with E-state index >= 15 is 0 Å². The van der Waals surface area contributed by atoms with Crippen molar-refractivity contribution in [3.63, 3.8) is 0 Å². The van der Waals surface area contributed by atoms with Crippen LogP contribution >= 0.6 is 0 Å². The Morgan fingerprint density at radius 1 is 0.750 bits per heavy atom. The minimum absolute atomic E-state index is 0. The Bertz CT molecular complexity index is 4.00.